The summed E-state index contributed by atoms with van der Waals surface area (Å²) in [4.78, 5) is 0. The van der Waals surface area contributed by atoms with Crippen LogP contribution in [-0.4, -0.2) is 6.61 Å². The molecule has 0 bridgehead atoms. The Hall–Kier alpha value is -4.72. The fourth-order valence-corrected chi connectivity index (χ4v) is 7.11. The van der Waals surface area contributed by atoms with Gasteiger partial charge in [0.2, 0.25) is 0 Å². The summed E-state index contributed by atoms with van der Waals surface area (Å²) in [6, 6.07) is 52.9. The third-order valence-corrected chi connectivity index (χ3v) is 8.83. The molecule has 1 atom stereocenters. The number of fused-ring (bicyclic) bond motifs is 7. The molecule has 6 aromatic rings. The number of hydrogen-bond donors (Lipinski definition) is 0. The molecule has 196 valence electrons. The summed E-state index contributed by atoms with van der Waals surface area (Å²) in [5, 5.41) is 2.58. The molecule has 1 heterocycles. The lowest BCUT2D eigenvalue weighted by molar-refractivity contribution is 0.0409. The molecule has 0 unspecified atom stereocenters. The maximum absolute atomic E-state index is 6.72. The van der Waals surface area contributed by atoms with Gasteiger partial charge in [0.25, 0.3) is 0 Å². The van der Waals surface area contributed by atoms with E-state index in [0.717, 1.165) is 19.4 Å². The van der Waals surface area contributed by atoms with Gasteiger partial charge in [0.1, 0.15) is 5.60 Å². The fourth-order valence-electron chi connectivity index (χ4n) is 7.11. The summed E-state index contributed by atoms with van der Waals surface area (Å²) >= 11 is 0. The third-order valence-electron chi connectivity index (χ3n) is 8.83. The van der Waals surface area contributed by atoms with Gasteiger partial charge < -0.3 is 4.74 Å². The Kier molecular flexibility index (Phi) is 5.72. The van der Waals surface area contributed by atoms with Crippen molar-refractivity contribution < 1.29 is 4.74 Å². The number of benzene rings is 6. The second-order valence-electron chi connectivity index (χ2n) is 11.1. The largest absolute Gasteiger partial charge is 0.365 e. The lowest BCUT2D eigenvalue weighted by Gasteiger charge is -2.27. The van der Waals surface area contributed by atoms with Crippen LogP contribution in [0.25, 0.3) is 33.0 Å². The summed E-state index contributed by atoms with van der Waals surface area (Å²) < 4.78 is 6.72. The Balaban J connectivity index is 1.44. The van der Waals surface area contributed by atoms with Crippen molar-refractivity contribution in [1.29, 1.82) is 0 Å². The molecule has 1 saturated heterocycles. The highest BCUT2D eigenvalue weighted by molar-refractivity contribution is 6.06. The Morgan fingerprint density at radius 3 is 1.71 bits per heavy atom. The number of hydrogen-bond acceptors (Lipinski definition) is 1. The summed E-state index contributed by atoms with van der Waals surface area (Å²) in [6.45, 7) is 0.797. The Morgan fingerprint density at radius 1 is 0.512 bits per heavy atom. The molecule has 41 heavy (non-hydrogen) atoms. The van der Waals surface area contributed by atoms with Crippen molar-refractivity contribution in [3.8, 4) is 11.1 Å². The molecule has 0 aromatic heterocycles. The standard InChI is InChI=1S/C40H30O/c1-4-14-29(15-5-1)37(30-16-6-2-7-17-30)38(31-18-8-3-9-19-31)32-22-24-36-35(27-32)34-23-21-28-13-10-11-20-33(28)39(34)40(36)25-12-26-41-40/h1-11,13-24,27H,12,25-26H2/t40-/m1/s1. The van der Waals surface area contributed by atoms with Crippen LogP contribution in [0, 0.1) is 0 Å². The van der Waals surface area contributed by atoms with Crippen molar-refractivity contribution in [2.24, 2.45) is 0 Å². The summed E-state index contributed by atoms with van der Waals surface area (Å²) in [6.07, 6.45) is 2.09. The molecule has 0 saturated carbocycles. The average molecular weight is 527 g/mol. The first-order valence-electron chi connectivity index (χ1n) is 14.6. The highest BCUT2D eigenvalue weighted by Gasteiger charge is 2.47. The zero-order valence-electron chi connectivity index (χ0n) is 22.9. The summed E-state index contributed by atoms with van der Waals surface area (Å²) in [5.74, 6) is 0. The molecule has 2 aliphatic rings. The predicted octanol–water partition coefficient (Wildman–Crippen LogP) is 9.88. The van der Waals surface area contributed by atoms with Crippen LogP contribution in [0.3, 0.4) is 0 Å². The van der Waals surface area contributed by atoms with E-state index in [1.54, 1.807) is 0 Å². The Morgan fingerprint density at radius 2 is 1.10 bits per heavy atom. The molecule has 0 N–H and O–H groups in total. The van der Waals surface area contributed by atoms with Crippen LogP contribution < -0.4 is 0 Å². The van der Waals surface area contributed by atoms with Gasteiger partial charge in [0.15, 0.2) is 0 Å². The Labute approximate surface area is 241 Å². The average Bonchev–Trinajstić information content (AvgIpc) is 3.64. The molecule has 6 aromatic carbocycles. The van der Waals surface area contributed by atoms with Crippen LogP contribution in [0.5, 0.6) is 0 Å². The van der Waals surface area contributed by atoms with Gasteiger partial charge in [-0.15, -0.1) is 0 Å². The number of rotatable bonds is 4. The van der Waals surface area contributed by atoms with Gasteiger partial charge in [-0.05, 0) is 79.8 Å². The van der Waals surface area contributed by atoms with E-state index in [4.69, 9.17) is 4.74 Å². The predicted molar refractivity (Wildman–Crippen MR) is 170 cm³/mol. The van der Waals surface area contributed by atoms with Gasteiger partial charge >= 0.3 is 0 Å². The van der Waals surface area contributed by atoms with E-state index in [9.17, 15) is 0 Å². The molecular weight excluding hydrogens is 496 g/mol. The van der Waals surface area contributed by atoms with Gasteiger partial charge in [-0.1, -0.05) is 140 Å². The van der Waals surface area contributed by atoms with Gasteiger partial charge in [-0.3, -0.25) is 0 Å². The summed E-state index contributed by atoms with van der Waals surface area (Å²) in [7, 11) is 0. The molecule has 0 amide bonds. The fraction of sp³-hybridized carbons (Fsp3) is 0.100. The van der Waals surface area contributed by atoms with Crippen molar-refractivity contribution in [3.05, 3.63) is 179 Å². The van der Waals surface area contributed by atoms with E-state index in [1.165, 1.54) is 66.4 Å². The monoisotopic (exact) mass is 526 g/mol. The topological polar surface area (TPSA) is 9.23 Å². The maximum atomic E-state index is 6.72. The molecule has 1 aliphatic carbocycles. The van der Waals surface area contributed by atoms with Gasteiger partial charge in [-0.2, -0.15) is 0 Å². The lowest BCUT2D eigenvalue weighted by Crippen LogP contribution is -2.23. The first-order chi connectivity index (χ1) is 20.3. The van der Waals surface area contributed by atoms with Crippen LogP contribution in [0.1, 0.15) is 46.2 Å². The molecule has 1 fully saturated rings. The first-order valence-corrected chi connectivity index (χ1v) is 14.6. The van der Waals surface area contributed by atoms with Gasteiger partial charge in [0, 0.05) is 12.2 Å². The van der Waals surface area contributed by atoms with Crippen molar-refractivity contribution in [2.75, 3.05) is 6.61 Å². The van der Waals surface area contributed by atoms with Crippen molar-refractivity contribution in [3.63, 3.8) is 0 Å². The molecule has 1 heteroatoms. The third kappa shape index (κ3) is 3.81. The molecule has 1 aliphatic heterocycles. The van der Waals surface area contributed by atoms with Gasteiger partial charge in [0.05, 0.1) is 0 Å². The highest BCUT2D eigenvalue weighted by atomic mass is 16.5. The molecule has 8 rings (SSSR count). The smallest absolute Gasteiger partial charge is 0.120 e. The van der Waals surface area contributed by atoms with E-state index in [-0.39, 0.29) is 5.60 Å². The van der Waals surface area contributed by atoms with Crippen LogP contribution in [0.15, 0.2) is 146 Å². The van der Waals surface area contributed by atoms with Crippen molar-refractivity contribution >= 4 is 21.9 Å². The minimum Gasteiger partial charge on any atom is -0.365 e. The quantitative estimate of drug-likeness (QED) is 0.208. The Bertz CT molecular complexity index is 1870. The van der Waals surface area contributed by atoms with Crippen LogP contribution >= 0.6 is 0 Å². The number of ether oxygens (including phenoxy) is 1. The second kappa shape index (κ2) is 9.73. The van der Waals surface area contributed by atoms with E-state index < -0.39 is 0 Å². The van der Waals surface area contributed by atoms with E-state index in [2.05, 4.69) is 146 Å². The minimum absolute atomic E-state index is 0.373. The zero-order valence-corrected chi connectivity index (χ0v) is 22.9. The summed E-state index contributed by atoms with van der Waals surface area (Å²) in [5.41, 5.74) is 12.2. The molecule has 1 spiro atoms. The van der Waals surface area contributed by atoms with E-state index in [1.807, 2.05) is 0 Å². The zero-order chi connectivity index (χ0) is 27.2. The van der Waals surface area contributed by atoms with Crippen LogP contribution in [0.2, 0.25) is 0 Å². The van der Waals surface area contributed by atoms with E-state index >= 15 is 0 Å². The van der Waals surface area contributed by atoms with Crippen LogP contribution in [-0.2, 0) is 10.3 Å². The molecule has 0 radical (unpaired) electrons. The second-order valence-corrected chi connectivity index (χ2v) is 11.1. The maximum Gasteiger partial charge on any atom is 0.120 e. The SMILES string of the molecule is c1ccc(C(=C(c2ccccc2)c2ccc3c(c2)-c2ccc4ccccc4c2[C@@]32CCCO2)c2ccccc2)cc1. The van der Waals surface area contributed by atoms with E-state index in [0.29, 0.717) is 0 Å². The first kappa shape index (κ1) is 24.1. The lowest BCUT2D eigenvalue weighted by atomic mass is 9.83. The van der Waals surface area contributed by atoms with Crippen molar-refractivity contribution in [2.45, 2.75) is 18.4 Å². The molecule has 1 nitrogen and oxygen atoms in total. The van der Waals surface area contributed by atoms with Crippen molar-refractivity contribution in [1.82, 2.24) is 0 Å². The minimum atomic E-state index is -0.373. The van der Waals surface area contributed by atoms with Crippen LogP contribution in [0.4, 0.5) is 0 Å². The normalized spacial score (nSPS) is 17.0. The molecular formula is C40H30O. The van der Waals surface area contributed by atoms with Gasteiger partial charge in [-0.25, -0.2) is 0 Å². The highest BCUT2D eigenvalue weighted by Crippen LogP contribution is 2.57.